The van der Waals surface area contributed by atoms with Gasteiger partial charge >= 0.3 is 39.5 Å². The van der Waals surface area contributed by atoms with Crippen molar-refractivity contribution in [1.82, 2.24) is 0 Å². The molecule has 0 aromatic rings. The molecule has 0 spiro atoms. The molecule has 0 aliphatic heterocycles. The Hall–Kier alpha value is -1.94. The number of aliphatic hydroxyl groups excluding tert-OH is 1. The van der Waals surface area contributed by atoms with Crippen molar-refractivity contribution < 1.29 is 80.2 Å². The van der Waals surface area contributed by atoms with Crippen molar-refractivity contribution in [1.29, 1.82) is 0 Å². The molecule has 0 saturated carbocycles. The van der Waals surface area contributed by atoms with E-state index >= 15 is 0 Å². The zero-order valence-corrected chi connectivity index (χ0v) is 52.8. The summed E-state index contributed by atoms with van der Waals surface area (Å²) in [5.41, 5.74) is 0. The minimum absolute atomic E-state index is 0.101. The Morgan fingerprint density at radius 1 is 0.316 bits per heavy atom. The van der Waals surface area contributed by atoms with Gasteiger partial charge in [-0.3, -0.25) is 37.3 Å². The third kappa shape index (κ3) is 55.0. The molecule has 0 heterocycles. The normalized spacial score (nSPS) is 14.6. The maximum absolute atomic E-state index is 12.9. The van der Waals surface area contributed by atoms with Crippen LogP contribution >= 0.6 is 15.6 Å². The summed E-state index contributed by atoms with van der Waals surface area (Å²) < 4.78 is 67.7. The second kappa shape index (κ2) is 50.6. The Kier molecular flexibility index (Phi) is 49.3. The fourth-order valence-corrected chi connectivity index (χ4v) is 10.3. The van der Waals surface area contributed by atoms with Crippen LogP contribution in [-0.4, -0.2) is 96.7 Å². The summed E-state index contributed by atoms with van der Waals surface area (Å²) >= 11 is 0. The molecular weight excluding hydrogens is 1050 g/mol. The van der Waals surface area contributed by atoms with E-state index in [2.05, 4.69) is 55.4 Å². The van der Waals surface area contributed by atoms with Gasteiger partial charge in [0.25, 0.3) is 0 Å². The third-order valence-electron chi connectivity index (χ3n) is 13.6. The summed E-state index contributed by atoms with van der Waals surface area (Å²) in [6.45, 7) is 13.8. The van der Waals surface area contributed by atoms with Gasteiger partial charge in [0.2, 0.25) is 0 Å². The van der Waals surface area contributed by atoms with Gasteiger partial charge in [0.15, 0.2) is 12.2 Å². The van der Waals surface area contributed by atoms with E-state index < -0.39 is 97.5 Å². The summed E-state index contributed by atoms with van der Waals surface area (Å²) in [7, 11) is -9.88. The molecule has 0 rings (SSSR count). The number of hydrogen-bond acceptors (Lipinski definition) is 15. The maximum Gasteiger partial charge on any atom is 0.472 e. The largest absolute Gasteiger partial charge is 0.472 e. The number of esters is 4. The van der Waals surface area contributed by atoms with Crippen LogP contribution in [0.2, 0.25) is 0 Å². The van der Waals surface area contributed by atoms with Crippen LogP contribution in [0.5, 0.6) is 0 Å². The summed E-state index contributed by atoms with van der Waals surface area (Å²) in [5.74, 6) is 0.622. The second-order valence-electron chi connectivity index (χ2n) is 23.6. The topological polar surface area (TPSA) is 237 Å². The van der Waals surface area contributed by atoms with Gasteiger partial charge in [0.1, 0.15) is 19.3 Å². The number of rotatable bonds is 57. The molecule has 0 aliphatic carbocycles. The highest BCUT2D eigenvalue weighted by atomic mass is 31.2. The van der Waals surface area contributed by atoms with E-state index in [0.29, 0.717) is 43.4 Å². The molecule has 0 aromatic heterocycles. The first-order valence-electron chi connectivity index (χ1n) is 31.2. The SMILES string of the molecule is CC(C)CCCCCCCCCCC(=O)O[C@H](COC(=O)CCCCCCCCC(C)C)COP(=O)(O)OC[C@@H](O)COP(=O)(O)OC[C@@H](COC(=O)CCCCCCCCC(C)C)OC(=O)CCCCCCCCCC(C)C. The van der Waals surface area contributed by atoms with Crippen molar-refractivity contribution in [2.75, 3.05) is 39.6 Å². The van der Waals surface area contributed by atoms with E-state index in [1.54, 1.807) is 0 Å². The quantitative estimate of drug-likeness (QED) is 0.0222. The molecule has 0 fully saturated rings. The first-order chi connectivity index (χ1) is 37.6. The highest BCUT2D eigenvalue weighted by Crippen LogP contribution is 2.45. The van der Waals surface area contributed by atoms with E-state index in [1.807, 2.05) is 0 Å². The molecule has 0 bridgehead atoms. The summed E-state index contributed by atoms with van der Waals surface area (Å²) in [5, 5.41) is 10.5. The molecule has 79 heavy (non-hydrogen) atoms. The van der Waals surface area contributed by atoms with Gasteiger partial charge in [-0.15, -0.1) is 0 Å². The van der Waals surface area contributed by atoms with Gasteiger partial charge in [-0.25, -0.2) is 9.13 Å². The minimum atomic E-state index is -4.94. The summed E-state index contributed by atoms with van der Waals surface area (Å²) in [6.07, 6.45) is 28.4. The lowest BCUT2D eigenvalue weighted by molar-refractivity contribution is -0.161. The predicted molar refractivity (Wildman–Crippen MR) is 312 cm³/mol. The average Bonchev–Trinajstić information content (AvgIpc) is 3.37. The number of carbonyl (C=O) groups excluding carboxylic acids is 4. The standard InChI is InChI=1S/C60H116O17P2/c1-50(2)36-28-20-12-9-10-14-26-34-42-59(64)76-55(46-70-57(62)40-32-24-18-16-22-30-38-52(5)6)48-74-78(66,67)72-44-54(61)45-73-79(68,69)75-49-56(47-71-58(63)41-33-25-19-17-23-31-39-53(7)8)77-60(65)43-35-27-15-11-13-21-29-37-51(3)4/h50-56,61H,9-49H2,1-8H3,(H,66,67)(H,68,69)/t54-,55-,56-/m1/s1. The van der Waals surface area contributed by atoms with Gasteiger partial charge in [-0.1, -0.05) is 229 Å². The van der Waals surface area contributed by atoms with Gasteiger partial charge in [0.05, 0.1) is 26.4 Å². The highest BCUT2D eigenvalue weighted by molar-refractivity contribution is 7.47. The van der Waals surface area contributed by atoms with Crippen molar-refractivity contribution in [3.05, 3.63) is 0 Å². The Balaban J connectivity index is 5.25. The van der Waals surface area contributed by atoms with Crippen molar-refractivity contribution >= 4 is 39.5 Å². The van der Waals surface area contributed by atoms with Gasteiger partial charge in [-0.05, 0) is 49.4 Å². The highest BCUT2D eigenvalue weighted by Gasteiger charge is 2.30. The van der Waals surface area contributed by atoms with E-state index in [9.17, 15) is 43.2 Å². The molecule has 0 aromatic carbocycles. The van der Waals surface area contributed by atoms with Crippen molar-refractivity contribution in [3.63, 3.8) is 0 Å². The molecule has 0 saturated heterocycles. The van der Waals surface area contributed by atoms with Crippen molar-refractivity contribution in [2.24, 2.45) is 23.7 Å². The molecule has 0 amide bonds. The molecule has 468 valence electrons. The molecule has 2 unspecified atom stereocenters. The number of unbranched alkanes of at least 4 members (excludes halogenated alkanes) is 23. The summed E-state index contributed by atoms with van der Waals surface area (Å²) in [4.78, 5) is 71.9. The van der Waals surface area contributed by atoms with Crippen LogP contribution in [0.1, 0.15) is 280 Å². The van der Waals surface area contributed by atoms with E-state index in [0.717, 1.165) is 109 Å². The molecule has 0 aliphatic rings. The van der Waals surface area contributed by atoms with Crippen LogP contribution in [0.15, 0.2) is 0 Å². The molecule has 3 N–H and O–H groups in total. The van der Waals surface area contributed by atoms with Crippen molar-refractivity contribution in [2.45, 2.75) is 298 Å². The van der Waals surface area contributed by atoms with Crippen LogP contribution < -0.4 is 0 Å². The number of phosphoric ester groups is 2. The van der Waals surface area contributed by atoms with Crippen LogP contribution in [0, 0.1) is 23.7 Å². The zero-order chi connectivity index (χ0) is 59.0. The molecule has 17 nitrogen and oxygen atoms in total. The zero-order valence-electron chi connectivity index (χ0n) is 51.0. The van der Waals surface area contributed by atoms with Crippen LogP contribution in [0.3, 0.4) is 0 Å². The molecule has 19 heteroatoms. The predicted octanol–water partition coefficient (Wildman–Crippen LogP) is 15.8. The number of aliphatic hydroxyl groups is 1. The Labute approximate surface area is 479 Å². The Bertz CT molecular complexity index is 1590. The fourth-order valence-electron chi connectivity index (χ4n) is 8.72. The van der Waals surface area contributed by atoms with Gasteiger partial charge in [0, 0.05) is 25.7 Å². The fraction of sp³-hybridized carbons (Fsp3) is 0.933. The molecule has 5 atom stereocenters. The monoisotopic (exact) mass is 1170 g/mol. The van der Waals surface area contributed by atoms with Crippen LogP contribution in [0.4, 0.5) is 0 Å². The van der Waals surface area contributed by atoms with Crippen LogP contribution in [-0.2, 0) is 65.4 Å². The molecular formula is C60H116O17P2. The number of hydrogen-bond donors (Lipinski definition) is 3. The van der Waals surface area contributed by atoms with E-state index in [-0.39, 0.29) is 25.7 Å². The first-order valence-corrected chi connectivity index (χ1v) is 34.2. The molecule has 0 radical (unpaired) electrons. The average molecular weight is 1170 g/mol. The van der Waals surface area contributed by atoms with Gasteiger partial charge < -0.3 is 33.8 Å². The maximum atomic E-state index is 12.9. The Morgan fingerprint density at radius 3 is 0.785 bits per heavy atom. The van der Waals surface area contributed by atoms with E-state index in [1.165, 1.54) is 70.6 Å². The number of phosphoric acid groups is 2. The smallest absolute Gasteiger partial charge is 0.462 e. The minimum Gasteiger partial charge on any atom is -0.462 e. The summed E-state index contributed by atoms with van der Waals surface area (Å²) in [6, 6.07) is 0. The lowest BCUT2D eigenvalue weighted by Gasteiger charge is -2.21. The van der Waals surface area contributed by atoms with Gasteiger partial charge in [-0.2, -0.15) is 0 Å². The van der Waals surface area contributed by atoms with E-state index in [4.69, 9.17) is 37.0 Å². The number of ether oxygens (including phenoxy) is 4. The number of carbonyl (C=O) groups is 4. The van der Waals surface area contributed by atoms with Crippen LogP contribution in [0.25, 0.3) is 0 Å². The first kappa shape index (κ1) is 77.1. The van der Waals surface area contributed by atoms with Crippen molar-refractivity contribution in [3.8, 4) is 0 Å². The Morgan fingerprint density at radius 2 is 0.532 bits per heavy atom. The third-order valence-corrected chi connectivity index (χ3v) is 15.5. The lowest BCUT2D eigenvalue weighted by atomic mass is 10.0. The lowest BCUT2D eigenvalue weighted by Crippen LogP contribution is -2.30. The second-order valence-corrected chi connectivity index (χ2v) is 26.5.